The Morgan fingerprint density at radius 2 is 1.67 bits per heavy atom. The van der Waals surface area contributed by atoms with E-state index in [4.69, 9.17) is 0 Å². The van der Waals surface area contributed by atoms with E-state index < -0.39 is 5.41 Å². The van der Waals surface area contributed by atoms with Crippen LogP contribution in [0, 0.1) is 19.3 Å². The lowest BCUT2D eigenvalue weighted by molar-refractivity contribution is -0.141. The van der Waals surface area contributed by atoms with E-state index in [9.17, 15) is 9.59 Å². The van der Waals surface area contributed by atoms with Crippen LogP contribution in [0.1, 0.15) is 36.8 Å². The molecule has 1 aromatic carbocycles. The second-order valence-electron chi connectivity index (χ2n) is 6.30. The molecule has 3 rings (SSSR count). The Balaban J connectivity index is 1.77. The number of hydrogen-bond acceptors (Lipinski definition) is 2. The molecular formula is C17H22N2O2. The summed E-state index contributed by atoms with van der Waals surface area (Å²) in [6, 6.07) is 5.93. The summed E-state index contributed by atoms with van der Waals surface area (Å²) in [5.74, 6) is -0.0967. The molecule has 112 valence electrons. The van der Waals surface area contributed by atoms with Crippen molar-refractivity contribution in [1.29, 1.82) is 0 Å². The highest BCUT2D eigenvalue weighted by Crippen LogP contribution is 2.48. The molecule has 1 saturated heterocycles. The Labute approximate surface area is 125 Å². The standard InChI is InChI=1S/C17H22N2O2/c1-12-6-5-7-13(2)14(12)18-15(20)17(8-9-17)16(21)19-10-3-4-11-19/h5-7H,3-4,8-11H2,1-2H3,(H,18,20). The first-order chi connectivity index (χ1) is 10.0. The first-order valence-electron chi connectivity index (χ1n) is 7.72. The van der Waals surface area contributed by atoms with Gasteiger partial charge in [0.1, 0.15) is 5.41 Å². The van der Waals surface area contributed by atoms with Crippen molar-refractivity contribution < 1.29 is 9.59 Å². The van der Waals surface area contributed by atoms with Gasteiger partial charge in [0.2, 0.25) is 11.8 Å². The number of amides is 2. The van der Waals surface area contributed by atoms with Crippen LogP contribution in [0.4, 0.5) is 5.69 Å². The van der Waals surface area contributed by atoms with E-state index in [1.54, 1.807) is 0 Å². The first-order valence-corrected chi connectivity index (χ1v) is 7.72. The molecule has 1 aliphatic carbocycles. The fourth-order valence-corrected chi connectivity index (χ4v) is 3.13. The van der Waals surface area contributed by atoms with Crippen LogP contribution in [0.25, 0.3) is 0 Å². The first kappa shape index (κ1) is 14.1. The van der Waals surface area contributed by atoms with Gasteiger partial charge in [0.15, 0.2) is 0 Å². The number of rotatable bonds is 3. The Bertz CT molecular complexity index is 564. The van der Waals surface area contributed by atoms with Gasteiger partial charge in [0.25, 0.3) is 0 Å². The number of benzene rings is 1. The van der Waals surface area contributed by atoms with Gasteiger partial charge in [-0.15, -0.1) is 0 Å². The molecule has 1 heterocycles. The number of anilines is 1. The molecular weight excluding hydrogens is 264 g/mol. The van der Waals surface area contributed by atoms with Crippen molar-refractivity contribution in [1.82, 2.24) is 4.90 Å². The van der Waals surface area contributed by atoms with Crippen molar-refractivity contribution >= 4 is 17.5 Å². The average molecular weight is 286 g/mol. The van der Waals surface area contributed by atoms with Crippen molar-refractivity contribution in [2.24, 2.45) is 5.41 Å². The van der Waals surface area contributed by atoms with E-state index in [1.807, 2.05) is 36.9 Å². The largest absolute Gasteiger partial charge is 0.342 e. The smallest absolute Gasteiger partial charge is 0.240 e. The van der Waals surface area contributed by atoms with Crippen LogP contribution in [-0.2, 0) is 9.59 Å². The minimum Gasteiger partial charge on any atom is -0.342 e. The number of nitrogens with zero attached hydrogens (tertiary/aromatic N) is 1. The maximum absolute atomic E-state index is 12.6. The highest BCUT2D eigenvalue weighted by Gasteiger charge is 2.58. The molecule has 1 aromatic rings. The third kappa shape index (κ3) is 2.43. The van der Waals surface area contributed by atoms with Crippen LogP contribution in [0.3, 0.4) is 0 Å². The number of nitrogens with one attached hydrogen (secondary N) is 1. The van der Waals surface area contributed by atoms with Crippen LogP contribution in [0.5, 0.6) is 0 Å². The third-order valence-electron chi connectivity index (χ3n) is 4.71. The quantitative estimate of drug-likeness (QED) is 0.868. The molecule has 0 bridgehead atoms. The number of hydrogen-bond donors (Lipinski definition) is 1. The number of aryl methyl sites for hydroxylation is 2. The molecule has 0 atom stereocenters. The van der Waals surface area contributed by atoms with Crippen LogP contribution >= 0.6 is 0 Å². The zero-order valence-corrected chi connectivity index (χ0v) is 12.7. The fraction of sp³-hybridized carbons (Fsp3) is 0.529. The SMILES string of the molecule is Cc1cccc(C)c1NC(=O)C1(C(=O)N2CCCC2)CC1. The maximum atomic E-state index is 12.6. The molecule has 2 amide bonds. The number of carbonyl (C=O) groups is 2. The van der Waals surface area contributed by atoms with Gasteiger partial charge in [0, 0.05) is 18.8 Å². The summed E-state index contributed by atoms with van der Waals surface area (Å²) in [6.07, 6.45) is 3.47. The van der Waals surface area contributed by atoms with Gasteiger partial charge in [0.05, 0.1) is 0 Å². The molecule has 2 fully saturated rings. The minimum absolute atomic E-state index is 0.0312. The lowest BCUT2D eigenvalue weighted by Crippen LogP contribution is -2.41. The Hall–Kier alpha value is -1.84. The fourth-order valence-electron chi connectivity index (χ4n) is 3.13. The number of para-hydroxylation sites is 1. The van der Waals surface area contributed by atoms with Crippen LogP contribution in [0.15, 0.2) is 18.2 Å². The second kappa shape index (κ2) is 5.17. The summed E-state index contributed by atoms with van der Waals surface area (Å²) in [6.45, 7) is 5.56. The average Bonchev–Trinajstić information content (AvgIpc) is 3.09. The van der Waals surface area contributed by atoms with Crippen molar-refractivity contribution in [3.8, 4) is 0 Å². The molecule has 0 aromatic heterocycles. The molecule has 4 nitrogen and oxygen atoms in total. The lowest BCUT2D eigenvalue weighted by atomic mass is 10.0. The van der Waals surface area contributed by atoms with Gasteiger partial charge >= 0.3 is 0 Å². The minimum atomic E-state index is -0.793. The normalized spacial score (nSPS) is 19.4. The van der Waals surface area contributed by atoms with Gasteiger partial charge in [-0.1, -0.05) is 18.2 Å². The summed E-state index contributed by atoms with van der Waals surface area (Å²) in [5, 5.41) is 3.00. The highest BCUT2D eigenvalue weighted by molar-refractivity contribution is 6.13. The summed E-state index contributed by atoms with van der Waals surface area (Å²) in [5.41, 5.74) is 2.13. The molecule has 1 saturated carbocycles. The molecule has 1 N–H and O–H groups in total. The van der Waals surface area contributed by atoms with Crippen molar-refractivity contribution in [2.75, 3.05) is 18.4 Å². The van der Waals surface area contributed by atoms with E-state index in [2.05, 4.69) is 5.32 Å². The monoisotopic (exact) mass is 286 g/mol. The van der Waals surface area contributed by atoms with Crippen molar-refractivity contribution in [2.45, 2.75) is 39.5 Å². The highest BCUT2D eigenvalue weighted by atomic mass is 16.2. The van der Waals surface area contributed by atoms with E-state index in [0.29, 0.717) is 12.8 Å². The lowest BCUT2D eigenvalue weighted by Gasteiger charge is -2.23. The molecule has 0 radical (unpaired) electrons. The number of likely N-dealkylation sites (tertiary alicyclic amines) is 1. The summed E-state index contributed by atoms with van der Waals surface area (Å²) < 4.78 is 0. The molecule has 2 aliphatic rings. The Morgan fingerprint density at radius 3 is 2.19 bits per heavy atom. The van der Waals surface area contributed by atoms with Crippen LogP contribution in [-0.4, -0.2) is 29.8 Å². The zero-order chi connectivity index (χ0) is 15.0. The summed E-state index contributed by atoms with van der Waals surface area (Å²) >= 11 is 0. The predicted octanol–water partition coefficient (Wildman–Crippen LogP) is 2.64. The van der Waals surface area contributed by atoms with E-state index >= 15 is 0 Å². The predicted molar refractivity (Wildman–Crippen MR) is 82.0 cm³/mol. The van der Waals surface area contributed by atoms with E-state index in [0.717, 1.165) is 42.7 Å². The van der Waals surface area contributed by atoms with Crippen molar-refractivity contribution in [3.63, 3.8) is 0 Å². The molecule has 1 aliphatic heterocycles. The molecule has 0 spiro atoms. The molecule has 21 heavy (non-hydrogen) atoms. The van der Waals surface area contributed by atoms with Gasteiger partial charge in [-0.3, -0.25) is 9.59 Å². The zero-order valence-electron chi connectivity index (χ0n) is 12.7. The van der Waals surface area contributed by atoms with Gasteiger partial charge in [-0.2, -0.15) is 0 Å². The Kier molecular flexibility index (Phi) is 3.47. The van der Waals surface area contributed by atoms with E-state index in [1.165, 1.54) is 0 Å². The summed E-state index contributed by atoms with van der Waals surface area (Å²) in [4.78, 5) is 27.1. The number of carbonyl (C=O) groups excluding carboxylic acids is 2. The van der Waals surface area contributed by atoms with Gasteiger partial charge < -0.3 is 10.2 Å². The third-order valence-corrected chi connectivity index (χ3v) is 4.71. The van der Waals surface area contributed by atoms with Crippen LogP contribution < -0.4 is 5.32 Å². The topological polar surface area (TPSA) is 49.4 Å². The van der Waals surface area contributed by atoms with Crippen LogP contribution in [0.2, 0.25) is 0 Å². The van der Waals surface area contributed by atoms with Gasteiger partial charge in [-0.05, 0) is 50.7 Å². The Morgan fingerprint density at radius 1 is 1.10 bits per heavy atom. The molecule has 0 unspecified atom stereocenters. The summed E-state index contributed by atoms with van der Waals surface area (Å²) in [7, 11) is 0. The second-order valence-corrected chi connectivity index (χ2v) is 6.30. The van der Waals surface area contributed by atoms with Crippen molar-refractivity contribution in [3.05, 3.63) is 29.3 Å². The molecule has 4 heteroatoms. The van der Waals surface area contributed by atoms with Gasteiger partial charge in [-0.25, -0.2) is 0 Å². The maximum Gasteiger partial charge on any atom is 0.240 e. The van der Waals surface area contributed by atoms with E-state index in [-0.39, 0.29) is 11.8 Å².